The summed E-state index contributed by atoms with van der Waals surface area (Å²) in [5, 5.41) is 2.17. The molecule has 2 aromatic carbocycles. The summed E-state index contributed by atoms with van der Waals surface area (Å²) in [6.07, 6.45) is 0. The molecule has 0 radical (unpaired) electrons. The van der Waals surface area contributed by atoms with E-state index in [0.29, 0.717) is 19.1 Å². The lowest BCUT2D eigenvalue weighted by atomic mass is 10.2. The van der Waals surface area contributed by atoms with Crippen LogP contribution in [0.1, 0.15) is 12.5 Å². The van der Waals surface area contributed by atoms with Crippen molar-refractivity contribution in [1.82, 2.24) is 0 Å². The summed E-state index contributed by atoms with van der Waals surface area (Å²) >= 11 is 0. The lowest BCUT2D eigenvalue weighted by molar-refractivity contribution is -0.632. The zero-order valence-corrected chi connectivity index (χ0v) is 12.8. The van der Waals surface area contributed by atoms with Crippen LogP contribution < -0.4 is 14.8 Å². The Morgan fingerprint density at radius 3 is 2.19 bits per heavy atom. The molecule has 0 spiro atoms. The van der Waals surface area contributed by atoms with Gasteiger partial charge < -0.3 is 14.8 Å². The minimum atomic E-state index is 0.511. The summed E-state index contributed by atoms with van der Waals surface area (Å²) < 4.78 is 11.8. The first-order chi connectivity index (χ1) is 10.3. The first-order valence-electron chi connectivity index (χ1n) is 7.46. The van der Waals surface area contributed by atoms with E-state index in [2.05, 4.69) is 31.4 Å². The second-order valence-electron chi connectivity index (χ2n) is 5.28. The molecule has 0 aliphatic heterocycles. The second kappa shape index (κ2) is 8.32. The Morgan fingerprint density at radius 2 is 1.52 bits per heavy atom. The zero-order valence-electron chi connectivity index (χ0n) is 12.8. The first kappa shape index (κ1) is 15.4. The maximum Gasteiger partial charge on any atom is 0.161 e. The third-order valence-corrected chi connectivity index (χ3v) is 3.25. The number of nitrogens with two attached hydrogens (primary N) is 1. The predicted octanol–water partition coefficient (Wildman–Crippen LogP) is 2.47. The fourth-order valence-electron chi connectivity index (χ4n) is 2.13. The van der Waals surface area contributed by atoms with Gasteiger partial charge in [0.25, 0.3) is 0 Å². The van der Waals surface area contributed by atoms with Gasteiger partial charge in [0, 0.05) is 5.92 Å². The van der Waals surface area contributed by atoms with Crippen LogP contribution in [0, 0.1) is 5.92 Å². The summed E-state index contributed by atoms with van der Waals surface area (Å²) in [5.74, 6) is 2.13. The predicted molar refractivity (Wildman–Crippen MR) is 84.6 cm³/mol. The summed E-state index contributed by atoms with van der Waals surface area (Å²) in [6, 6.07) is 18.0. The number of ether oxygens (including phenoxy) is 2. The lowest BCUT2D eigenvalue weighted by Crippen LogP contribution is -2.81. The van der Waals surface area contributed by atoms with Crippen molar-refractivity contribution in [3.8, 4) is 11.5 Å². The van der Waals surface area contributed by atoms with Crippen LogP contribution in [0.5, 0.6) is 11.5 Å². The highest BCUT2D eigenvalue weighted by Crippen LogP contribution is 2.27. The highest BCUT2D eigenvalue weighted by atomic mass is 16.5. The number of para-hydroxylation sites is 2. The van der Waals surface area contributed by atoms with Gasteiger partial charge in [0.1, 0.15) is 6.61 Å². The van der Waals surface area contributed by atoms with Gasteiger partial charge >= 0.3 is 0 Å². The quantitative estimate of drug-likeness (QED) is 0.809. The van der Waals surface area contributed by atoms with Crippen LogP contribution in [-0.4, -0.2) is 20.2 Å². The molecule has 0 saturated heterocycles. The Hall–Kier alpha value is -2.00. The maximum absolute atomic E-state index is 5.89. The molecule has 2 N–H and O–H groups in total. The van der Waals surface area contributed by atoms with Crippen LogP contribution in [0.4, 0.5) is 0 Å². The molecule has 0 heterocycles. The van der Waals surface area contributed by atoms with E-state index in [9.17, 15) is 0 Å². The molecule has 2 aromatic rings. The Bertz CT molecular complexity index is 528. The van der Waals surface area contributed by atoms with E-state index in [1.165, 1.54) is 0 Å². The summed E-state index contributed by atoms with van der Waals surface area (Å²) in [4.78, 5) is 0. The van der Waals surface area contributed by atoms with Gasteiger partial charge in [0.05, 0.1) is 20.2 Å². The minimum Gasteiger partial charge on any atom is -0.489 e. The van der Waals surface area contributed by atoms with Crippen molar-refractivity contribution in [2.75, 3.05) is 20.2 Å². The zero-order chi connectivity index (χ0) is 14.9. The van der Waals surface area contributed by atoms with Gasteiger partial charge in [0.15, 0.2) is 11.5 Å². The van der Waals surface area contributed by atoms with Gasteiger partial charge in [-0.1, -0.05) is 49.4 Å². The molecule has 0 fully saturated rings. The molecule has 3 nitrogen and oxygen atoms in total. The normalized spacial score (nSPS) is 11.9. The molecule has 3 heteroatoms. The van der Waals surface area contributed by atoms with Gasteiger partial charge in [0.2, 0.25) is 0 Å². The minimum absolute atomic E-state index is 0.511. The van der Waals surface area contributed by atoms with Crippen LogP contribution in [0.2, 0.25) is 0 Å². The van der Waals surface area contributed by atoms with Gasteiger partial charge in [-0.2, -0.15) is 0 Å². The largest absolute Gasteiger partial charge is 0.489 e. The van der Waals surface area contributed by atoms with Crippen molar-refractivity contribution in [3.05, 3.63) is 60.2 Å². The Labute approximate surface area is 126 Å². The Morgan fingerprint density at radius 1 is 0.905 bits per heavy atom. The standard InChI is InChI=1S/C18H23NO2/c1-15(12-19-2)13-20-17-10-6-7-11-18(17)21-14-16-8-4-3-5-9-16/h3-11,15,19H,12-14H2,1-2H3/p+1/t15-/m0/s1. The molecule has 0 saturated carbocycles. The highest BCUT2D eigenvalue weighted by molar-refractivity contribution is 5.39. The Balaban J connectivity index is 1.93. The molecular formula is C18H24NO2+. The number of hydrogen-bond acceptors (Lipinski definition) is 2. The van der Waals surface area contributed by atoms with Crippen molar-refractivity contribution in [2.24, 2.45) is 5.92 Å². The Kier molecular flexibility index (Phi) is 6.10. The average molecular weight is 286 g/mol. The van der Waals surface area contributed by atoms with Crippen molar-refractivity contribution in [2.45, 2.75) is 13.5 Å². The van der Waals surface area contributed by atoms with E-state index >= 15 is 0 Å². The van der Waals surface area contributed by atoms with Crippen LogP contribution in [-0.2, 0) is 6.61 Å². The van der Waals surface area contributed by atoms with E-state index in [1.807, 2.05) is 42.5 Å². The molecule has 2 rings (SSSR count). The summed E-state index contributed by atoms with van der Waals surface area (Å²) in [6.45, 7) is 4.51. The van der Waals surface area contributed by atoms with Gasteiger partial charge in [-0.3, -0.25) is 0 Å². The van der Waals surface area contributed by atoms with E-state index in [1.54, 1.807) is 0 Å². The first-order valence-corrected chi connectivity index (χ1v) is 7.46. The van der Waals surface area contributed by atoms with E-state index < -0.39 is 0 Å². The molecule has 0 bridgehead atoms. The summed E-state index contributed by atoms with van der Waals surface area (Å²) in [7, 11) is 2.08. The maximum atomic E-state index is 5.89. The van der Waals surface area contributed by atoms with E-state index in [4.69, 9.17) is 9.47 Å². The van der Waals surface area contributed by atoms with Crippen molar-refractivity contribution < 1.29 is 14.8 Å². The molecular weight excluding hydrogens is 262 g/mol. The van der Waals surface area contributed by atoms with Crippen LogP contribution in [0.3, 0.4) is 0 Å². The third kappa shape index (κ3) is 5.12. The monoisotopic (exact) mass is 286 g/mol. The molecule has 0 aromatic heterocycles. The highest BCUT2D eigenvalue weighted by Gasteiger charge is 2.08. The molecule has 0 unspecified atom stereocenters. The van der Waals surface area contributed by atoms with Gasteiger partial charge in [-0.25, -0.2) is 0 Å². The number of hydrogen-bond donors (Lipinski definition) is 1. The van der Waals surface area contributed by atoms with Crippen LogP contribution in [0.15, 0.2) is 54.6 Å². The molecule has 112 valence electrons. The number of quaternary nitrogens is 1. The number of rotatable bonds is 8. The second-order valence-corrected chi connectivity index (χ2v) is 5.28. The molecule has 21 heavy (non-hydrogen) atoms. The van der Waals surface area contributed by atoms with Crippen LogP contribution >= 0.6 is 0 Å². The van der Waals surface area contributed by atoms with Crippen molar-refractivity contribution in [1.29, 1.82) is 0 Å². The van der Waals surface area contributed by atoms with Gasteiger partial charge in [-0.05, 0) is 17.7 Å². The molecule has 0 aliphatic carbocycles. The smallest absolute Gasteiger partial charge is 0.161 e. The topological polar surface area (TPSA) is 35.1 Å². The molecule has 0 aliphatic rings. The molecule has 0 amide bonds. The SMILES string of the molecule is C[NH2+]C[C@H](C)COc1ccccc1OCc1ccccc1. The van der Waals surface area contributed by atoms with E-state index in [0.717, 1.165) is 23.6 Å². The van der Waals surface area contributed by atoms with E-state index in [-0.39, 0.29) is 0 Å². The fourth-order valence-corrected chi connectivity index (χ4v) is 2.13. The third-order valence-electron chi connectivity index (χ3n) is 3.25. The van der Waals surface area contributed by atoms with Gasteiger partial charge in [-0.15, -0.1) is 0 Å². The molecule has 1 atom stereocenters. The van der Waals surface area contributed by atoms with Crippen molar-refractivity contribution in [3.63, 3.8) is 0 Å². The summed E-state index contributed by atoms with van der Waals surface area (Å²) in [5.41, 5.74) is 1.15. The van der Waals surface area contributed by atoms with Crippen LogP contribution in [0.25, 0.3) is 0 Å². The lowest BCUT2D eigenvalue weighted by Gasteiger charge is -2.15. The van der Waals surface area contributed by atoms with Crippen molar-refractivity contribution >= 4 is 0 Å². The fraction of sp³-hybridized carbons (Fsp3) is 0.333. The number of benzene rings is 2. The average Bonchev–Trinajstić information content (AvgIpc) is 2.53.